The maximum atomic E-state index is 9.52. The van der Waals surface area contributed by atoms with E-state index in [1.54, 1.807) is 18.2 Å². The van der Waals surface area contributed by atoms with Crippen LogP contribution in [0.2, 0.25) is 0 Å². The molecule has 0 radical (unpaired) electrons. The van der Waals surface area contributed by atoms with Gasteiger partial charge >= 0.3 is 0 Å². The highest BCUT2D eigenvalue weighted by Gasteiger charge is 2.08. The predicted octanol–water partition coefficient (Wildman–Crippen LogP) is 2.03. The van der Waals surface area contributed by atoms with Crippen LogP contribution in [0.15, 0.2) is 28.8 Å². The van der Waals surface area contributed by atoms with Crippen molar-refractivity contribution in [2.24, 2.45) is 0 Å². The molecule has 0 bridgehead atoms. The largest absolute Gasteiger partial charge is 0.504 e. The Labute approximate surface area is 92.5 Å². The Morgan fingerprint density at radius 3 is 2.94 bits per heavy atom. The number of aromatic hydroxyl groups is 1. The smallest absolute Gasteiger partial charge is 0.292 e. The van der Waals surface area contributed by atoms with E-state index in [2.05, 4.69) is 4.98 Å². The predicted molar refractivity (Wildman–Crippen MR) is 59.2 cm³/mol. The van der Waals surface area contributed by atoms with Gasteiger partial charge in [-0.1, -0.05) is 0 Å². The molecule has 5 heteroatoms. The average molecular weight is 220 g/mol. The summed E-state index contributed by atoms with van der Waals surface area (Å²) >= 11 is 0. The monoisotopic (exact) mass is 220 g/mol. The Bertz CT molecular complexity index is 494. The first kappa shape index (κ1) is 10.4. The molecule has 0 spiro atoms. The maximum Gasteiger partial charge on any atom is 0.292 e. The lowest BCUT2D eigenvalue weighted by Crippen LogP contribution is -1.91. The number of ether oxygens (including phenoxy) is 1. The lowest BCUT2D eigenvalue weighted by molar-refractivity contribution is 0.318. The third-order valence-corrected chi connectivity index (χ3v) is 2.07. The van der Waals surface area contributed by atoms with Crippen molar-refractivity contribution >= 4 is 6.01 Å². The molecule has 0 saturated heterocycles. The van der Waals surface area contributed by atoms with E-state index in [9.17, 15) is 5.11 Å². The first-order valence-corrected chi connectivity index (χ1v) is 4.88. The van der Waals surface area contributed by atoms with E-state index in [0.29, 0.717) is 18.1 Å². The van der Waals surface area contributed by atoms with E-state index in [1.165, 1.54) is 6.20 Å². The van der Waals surface area contributed by atoms with E-state index < -0.39 is 0 Å². The van der Waals surface area contributed by atoms with E-state index in [4.69, 9.17) is 14.9 Å². The van der Waals surface area contributed by atoms with Crippen molar-refractivity contribution in [3.8, 4) is 22.8 Å². The van der Waals surface area contributed by atoms with Gasteiger partial charge in [-0.05, 0) is 25.1 Å². The molecule has 0 saturated carbocycles. The lowest BCUT2D eigenvalue weighted by Gasteiger charge is -2.06. The van der Waals surface area contributed by atoms with Crippen LogP contribution in [0.1, 0.15) is 6.92 Å². The highest BCUT2D eigenvalue weighted by atomic mass is 16.5. The number of benzene rings is 1. The second kappa shape index (κ2) is 4.14. The summed E-state index contributed by atoms with van der Waals surface area (Å²) in [6.07, 6.45) is 1.53. The summed E-state index contributed by atoms with van der Waals surface area (Å²) in [4.78, 5) is 3.80. The highest BCUT2D eigenvalue weighted by Crippen LogP contribution is 2.32. The molecule has 1 aromatic heterocycles. The zero-order valence-electron chi connectivity index (χ0n) is 8.80. The first-order valence-electron chi connectivity index (χ1n) is 4.88. The number of nitrogens with zero attached hydrogens (tertiary/aromatic N) is 1. The van der Waals surface area contributed by atoms with Crippen molar-refractivity contribution in [2.45, 2.75) is 6.92 Å². The molecule has 84 valence electrons. The van der Waals surface area contributed by atoms with Gasteiger partial charge in [0.25, 0.3) is 6.01 Å². The van der Waals surface area contributed by atoms with Gasteiger partial charge in [-0.2, -0.15) is 0 Å². The quantitative estimate of drug-likeness (QED) is 0.827. The first-order chi connectivity index (χ1) is 7.70. The molecule has 5 nitrogen and oxygen atoms in total. The molecular formula is C11H12N2O3. The third kappa shape index (κ3) is 1.93. The summed E-state index contributed by atoms with van der Waals surface area (Å²) in [5.41, 5.74) is 6.14. The number of rotatable bonds is 3. The summed E-state index contributed by atoms with van der Waals surface area (Å²) in [5, 5.41) is 9.52. The van der Waals surface area contributed by atoms with Crippen molar-refractivity contribution in [3.63, 3.8) is 0 Å². The SMILES string of the molecule is CCOc1cc(-c2cnc(N)o2)ccc1O. The fraction of sp³-hybridized carbons (Fsp3) is 0.182. The van der Waals surface area contributed by atoms with Crippen LogP contribution >= 0.6 is 0 Å². The minimum Gasteiger partial charge on any atom is -0.504 e. The van der Waals surface area contributed by atoms with Gasteiger partial charge in [-0.3, -0.25) is 0 Å². The molecular weight excluding hydrogens is 208 g/mol. The van der Waals surface area contributed by atoms with Crippen molar-refractivity contribution in [2.75, 3.05) is 12.3 Å². The minimum absolute atomic E-state index is 0.0955. The highest BCUT2D eigenvalue weighted by molar-refractivity contribution is 5.62. The topological polar surface area (TPSA) is 81.5 Å². The summed E-state index contributed by atoms with van der Waals surface area (Å²) in [5.74, 6) is 1.05. The van der Waals surface area contributed by atoms with Gasteiger partial charge in [0.1, 0.15) is 0 Å². The summed E-state index contributed by atoms with van der Waals surface area (Å²) < 4.78 is 10.4. The number of oxazole rings is 1. The van der Waals surface area contributed by atoms with Crippen LogP contribution in [0.3, 0.4) is 0 Å². The van der Waals surface area contributed by atoms with E-state index in [1.807, 2.05) is 6.92 Å². The molecule has 1 aromatic carbocycles. The Morgan fingerprint density at radius 1 is 1.50 bits per heavy atom. The third-order valence-electron chi connectivity index (χ3n) is 2.07. The van der Waals surface area contributed by atoms with Crippen LogP contribution in [0.4, 0.5) is 6.01 Å². The van der Waals surface area contributed by atoms with E-state index >= 15 is 0 Å². The number of hydrogen-bond acceptors (Lipinski definition) is 5. The van der Waals surface area contributed by atoms with Crippen LogP contribution < -0.4 is 10.5 Å². The summed E-state index contributed by atoms with van der Waals surface area (Å²) in [7, 11) is 0. The maximum absolute atomic E-state index is 9.52. The number of aromatic nitrogens is 1. The molecule has 2 rings (SSSR count). The van der Waals surface area contributed by atoms with Gasteiger partial charge in [0.05, 0.1) is 12.8 Å². The number of nitrogens with two attached hydrogens (primary N) is 1. The molecule has 3 N–H and O–H groups in total. The summed E-state index contributed by atoms with van der Waals surface area (Å²) in [6, 6.07) is 5.04. The van der Waals surface area contributed by atoms with E-state index in [-0.39, 0.29) is 11.8 Å². The molecule has 0 aliphatic heterocycles. The van der Waals surface area contributed by atoms with Crippen molar-refractivity contribution in [1.29, 1.82) is 0 Å². The average Bonchev–Trinajstić information content (AvgIpc) is 2.69. The fourth-order valence-corrected chi connectivity index (χ4v) is 1.36. The number of phenolic OH excluding ortho intramolecular Hbond substituents is 1. The standard InChI is InChI=1S/C11H12N2O3/c1-2-15-9-5-7(3-4-8(9)14)10-6-13-11(12)16-10/h3-6,14H,2H2,1H3,(H2,12,13). The van der Waals surface area contributed by atoms with Gasteiger partial charge in [0.15, 0.2) is 17.3 Å². The second-order valence-corrected chi connectivity index (χ2v) is 3.18. The van der Waals surface area contributed by atoms with Crippen LogP contribution in [-0.4, -0.2) is 16.7 Å². The van der Waals surface area contributed by atoms with Gasteiger partial charge in [-0.15, -0.1) is 0 Å². The summed E-state index contributed by atoms with van der Waals surface area (Å²) in [6.45, 7) is 2.33. The van der Waals surface area contributed by atoms with Crippen molar-refractivity contribution in [1.82, 2.24) is 4.98 Å². The molecule has 0 unspecified atom stereocenters. The molecule has 1 heterocycles. The van der Waals surface area contributed by atoms with E-state index in [0.717, 1.165) is 5.56 Å². The second-order valence-electron chi connectivity index (χ2n) is 3.18. The molecule has 0 amide bonds. The zero-order valence-corrected chi connectivity index (χ0v) is 8.80. The van der Waals surface area contributed by atoms with Gasteiger partial charge in [0.2, 0.25) is 0 Å². The van der Waals surface area contributed by atoms with Crippen molar-refractivity contribution < 1.29 is 14.3 Å². The van der Waals surface area contributed by atoms with Crippen LogP contribution in [-0.2, 0) is 0 Å². The molecule has 2 aromatic rings. The molecule has 0 aliphatic carbocycles. The number of anilines is 1. The lowest BCUT2D eigenvalue weighted by atomic mass is 10.1. The Kier molecular flexibility index (Phi) is 2.68. The van der Waals surface area contributed by atoms with Gasteiger partial charge in [0, 0.05) is 5.56 Å². The normalized spacial score (nSPS) is 10.3. The van der Waals surface area contributed by atoms with Gasteiger partial charge in [-0.25, -0.2) is 4.98 Å². The molecule has 0 atom stereocenters. The Morgan fingerprint density at radius 2 is 2.31 bits per heavy atom. The molecule has 0 fully saturated rings. The number of hydrogen-bond donors (Lipinski definition) is 2. The zero-order chi connectivity index (χ0) is 11.5. The molecule has 16 heavy (non-hydrogen) atoms. The fourth-order valence-electron chi connectivity index (χ4n) is 1.36. The number of phenols is 1. The molecule has 0 aliphatic rings. The minimum atomic E-state index is 0.0955. The van der Waals surface area contributed by atoms with Crippen LogP contribution in [0, 0.1) is 0 Å². The van der Waals surface area contributed by atoms with Crippen molar-refractivity contribution in [3.05, 3.63) is 24.4 Å². The van der Waals surface area contributed by atoms with Gasteiger partial charge < -0.3 is 20.0 Å². The van der Waals surface area contributed by atoms with Crippen LogP contribution in [0.25, 0.3) is 11.3 Å². The Balaban J connectivity index is 2.39. The number of nitrogen functional groups attached to an aromatic ring is 1. The van der Waals surface area contributed by atoms with Crippen LogP contribution in [0.5, 0.6) is 11.5 Å². The Hall–Kier alpha value is -2.17.